The van der Waals surface area contributed by atoms with Gasteiger partial charge in [-0.3, -0.25) is 4.79 Å². The molecular formula is C12H14N4O. The number of rotatable bonds is 2. The SMILES string of the molecule is Cc1cc(N)nn1C(=O)C(N)c1ccccc1. The fourth-order valence-corrected chi connectivity index (χ4v) is 1.66. The molecular weight excluding hydrogens is 216 g/mol. The lowest BCUT2D eigenvalue weighted by Gasteiger charge is -2.11. The molecule has 0 radical (unpaired) electrons. The summed E-state index contributed by atoms with van der Waals surface area (Å²) in [5.41, 5.74) is 12.9. The molecule has 2 rings (SSSR count). The molecule has 5 nitrogen and oxygen atoms in total. The van der Waals surface area contributed by atoms with Crippen LogP contribution < -0.4 is 11.5 Å². The first-order chi connectivity index (χ1) is 8.09. The van der Waals surface area contributed by atoms with Crippen LogP contribution >= 0.6 is 0 Å². The molecule has 0 aliphatic rings. The Balaban J connectivity index is 2.30. The van der Waals surface area contributed by atoms with E-state index in [9.17, 15) is 4.79 Å². The first-order valence-corrected chi connectivity index (χ1v) is 5.26. The maximum absolute atomic E-state index is 12.1. The van der Waals surface area contributed by atoms with E-state index in [1.165, 1.54) is 4.68 Å². The number of nitrogen functional groups attached to an aromatic ring is 1. The van der Waals surface area contributed by atoms with Crippen molar-refractivity contribution < 1.29 is 4.79 Å². The third-order valence-electron chi connectivity index (χ3n) is 2.54. The molecule has 0 amide bonds. The summed E-state index contributed by atoms with van der Waals surface area (Å²) < 4.78 is 1.24. The van der Waals surface area contributed by atoms with Crippen molar-refractivity contribution in [3.63, 3.8) is 0 Å². The van der Waals surface area contributed by atoms with Gasteiger partial charge in [-0.05, 0) is 12.5 Å². The van der Waals surface area contributed by atoms with Crippen molar-refractivity contribution in [2.45, 2.75) is 13.0 Å². The van der Waals surface area contributed by atoms with Crippen molar-refractivity contribution in [1.82, 2.24) is 9.78 Å². The minimum absolute atomic E-state index is 0.287. The van der Waals surface area contributed by atoms with Gasteiger partial charge in [0.2, 0.25) is 0 Å². The highest BCUT2D eigenvalue weighted by Crippen LogP contribution is 2.14. The molecule has 0 bridgehead atoms. The molecule has 0 aliphatic heterocycles. The number of anilines is 1. The maximum Gasteiger partial charge on any atom is 0.268 e. The lowest BCUT2D eigenvalue weighted by atomic mass is 10.1. The molecule has 1 aromatic heterocycles. The predicted octanol–water partition coefficient (Wildman–Crippen LogP) is 1.11. The Hall–Kier alpha value is -2.14. The Morgan fingerprint density at radius 3 is 2.53 bits per heavy atom. The van der Waals surface area contributed by atoms with Gasteiger partial charge < -0.3 is 11.5 Å². The Morgan fingerprint density at radius 2 is 2.00 bits per heavy atom. The molecule has 88 valence electrons. The van der Waals surface area contributed by atoms with Crippen LogP contribution in [0.2, 0.25) is 0 Å². The number of nitrogens with zero attached hydrogens (tertiary/aromatic N) is 2. The molecule has 2 aromatic rings. The van der Waals surface area contributed by atoms with Crippen molar-refractivity contribution in [3.8, 4) is 0 Å². The van der Waals surface area contributed by atoms with E-state index in [2.05, 4.69) is 5.10 Å². The summed E-state index contributed by atoms with van der Waals surface area (Å²) in [7, 11) is 0. The second-order valence-electron chi connectivity index (χ2n) is 3.85. The van der Waals surface area contributed by atoms with Crippen molar-refractivity contribution in [2.75, 3.05) is 5.73 Å². The van der Waals surface area contributed by atoms with Crippen LogP contribution in [0.25, 0.3) is 0 Å². The van der Waals surface area contributed by atoms with Crippen LogP contribution in [0.5, 0.6) is 0 Å². The quantitative estimate of drug-likeness (QED) is 0.809. The predicted molar refractivity (Wildman–Crippen MR) is 65.4 cm³/mol. The standard InChI is InChI=1S/C12H14N4O/c1-8-7-10(13)15-16(8)12(17)11(14)9-5-3-2-4-6-9/h2-7,11H,14H2,1H3,(H2,13,15). The lowest BCUT2D eigenvalue weighted by Crippen LogP contribution is -2.28. The highest BCUT2D eigenvalue weighted by atomic mass is 16.2. The van der Waals surface area contributed by atoms with E-state index in [-0.39, 0.29) is 5.91 Å². The summed E-state index contributed by atoms with van der Waals surface area (Å²) in [6.45, 7) is 1.76. The number of hydrogen-bond donors (Lipinski definition) is 2. The molecule has 5 heteroatoms. The second-order valence-corrected chi connectivity index (χ2v) is 3.85. The van der Waals surface area contributed by atoms with E-state index in [0.29, 0.717) is 11.5 Å². The summed E-state index contributed by atoms with van der Waals surface area (Å²) in [5.74, 6) is 0.0292. The van der Waals surface area contributed by atoms with Crippen molar-refractivity contribution >= 4 is 11.7 Å². The van der Waals surface area contributed by atoms with Crippen LogP contribution in [-0.2, 0) is 0 Å². The van der Waals surface area contributed by atoms with Gasteiger partial charge in [-0.25, -0.2) is 4.68 Å². The van der Waals surface area contributed by atoms with Gasteiger partial charge in [0.1, 0.15) is 11.9 Å². The number of benzene rings is 1. The fraction of sp³-hybridized carbons (Fsp3) is 0.167. The van der Waals surface area contributed by atoms with E-state index in [0.717, 1.165) is 5.56 Å². The maximum atomic E-state index is 12.1. The molecule has 1 unspecified atom stereocenters. The van der Waals surface area contributed by atoms with Crippen molar-refractivity contribution in [2.24, 2.45) is 5.73 Å². The number of carbonyl (C=O) groups is 1. The Labute approximate surface area is 99.0 Å². The number of hydrogen-bond acceptors (Lipinski definition) is 4. The smallest absolute Gasteiger partial charge is 0.268 e. The van der Waals surface area contributed by atoms with Crippen LogP contribution in [0.1, 0.15) is 22.1 Å². The zero-order valence-corrected chi connectivity index (χ0v) is 9.50. The van der Waals surface area contributed by atoms with E-state index in [1.54, 1.807) is 13.0 Å². The fourth-order valence-electron chi connectivity index (χ4n) is 1.66. The van der Waals surface area contributed by atoms with Crippen molar-refractivity contribution in [1.29, 1.82) is 0 Å². The first-order valence-electron chi connectivity index (χ1n) is 5.26. The highest BCUT2D eigenvalue weighted by molar-refractivity contribution is 5.85. The number of nitrogens with two attached hydrogens (primary N) is 2. The molecule has 0 aliphatic carbocycles. The third kappa shape index (κ3) is 2.19. The van der Waals surface area contributed by atoms with Crippen LogP contribution in [-0.4, -0.2) is 15.7 Å². The van der Waals surface area contributed by atoms with Gasteiger partial charge in [0, 0.05) is 11.8 Å². The molecule has 1 heterocycles. The molecule has 1 atom stereocenters. The van der Waals surface area contributed by atoms with Crippen LogP contribution in [0.4, 0.5) is 5.82 Å². The van der Waals surface area contributed by atoms with Gasteiger partial charge in [-0.15, -0.1) is 5.10 Å². The Kier molecular flexibility index (Phi) is 2.93. The van der Waals surface area contributed by atoms with Crippen molar-refractivity contribution in [3.05, 3.63) is 47.7 Å². The molecule has 0 fully saturated rings. The second kappa shape index (κ2) is 4.39. The largest absolute Gasteiger partial charge is 0.382 e. The monoisotopic (exact) mass is 230 g/mol. The first kappa shape index (κ1) is 11.3. The zero-order valence-electron chi connectivity index (χ0n) is 9.50. The topological polar surface area (TPSA) is 86.9 Å². The van der Waals surface area contributed by atoms with Gasteiger partial charge in [0.05, 0.1) is 0 Å². The number of aromatic nitrogens is 2. The van der Waals surface area contributed by atoms with Gasteiger partial charge in [0.25, 0.3) is 5.91 Å². The minimum Gasteiger partial charge on any atom is -0.382 e. The molecule has 4 N–H and O–H groups in total. The van der Waals surface area contributed by atoms with Crippen LogP contribution in [0.15, 0.2) is 36.4 Å². The van der Waals surface area contributed by atoms with Gasteiger partial charge in [-0.1, -0.05) is 30.3 Å². The summed E-state index contributed by atoms with van der Waals surface area (Å²) in [4.78, 5) is 12.1. The molecule has 17 heavy (non-hydrogen) atoms. The molecule has 0 spiro atoms. The lowest BCUT2D eigenvalue weighted by molar-refractivity contribution is 0.0861. The van der Waals surface area contributed by atoms with Crippen LogP contribution in [0.3, 0.4) is 0 Å². The average Bonchev–Trinajstić information content (AvgIpc) is 2.68. The number of aryl methyl sites for hydroxylation is 1. The van der Waals surface area contributed by atoms with E-state index < -0.39 is 6.04 Å². The Bertz CT molecular complexity index is 533. The average molecular weight is 230 g/mol. The Morgan fingerprint density at radius 1 is 1.35 bits per heavy atom. The van der Waals surface area contributed by atoms with E-state index >= 15 is 0 Å². The zero-order chi connectivity index (χ0) is 12.4. The van der Waals surface area contributed by atoms with Gasteiger partial charge >= 0.3 is 0 Å². The molecule has 0 saturated heterocycles. The normalized spacial score (nSPS) is 12.4. The summed E-state index contributed by atoms with van der Waals surface area (Å²) in [5, 5.41) is 3.92. The summed E-state index contributed by atoms with van der Waals surface area (Å²) in [6.07, 6.45) is 0. The third-order valence-corrected chi connectivity index (χ3v) is 2.54. The van der Waals surface area contributed by atoms with Gasteiger partial charge in [0.15, 0.2) is 0 Å². The highest BCUT2D eigenvalue weighted by Gasteiger charge is 2.19. The summed E-state index contributed by atoms with van der Waals surface area (Å²) in [6, 6.07) is 10.1. The van der Waals surface area contributed by atoms with Gasteiger partial charge in [-0.2, -0.15) is 0 Å². The number of carbonyl (C=O) groups excluding carboxylic acids is 1. The van der Waals surface area contributed by atoms with E-state index in [1.807, 2.05) is 30.3 Å². The van der Waals surface area contributed by atoms with E-state index in [4.69, 9.17) is 11.5 Å². The summed E-state index contributed by atoms with van der Waals surface area (Å²) >= 11 is 0. The minimum atomic E-state index is -0.728. The van der Waals surface area contributed by atoms with Crippen LogP contribution in [0, 0.1) is 6.92 Å². The molecule has 0 saturated carbocycles. The molecule has 1 aromatic carbocycles.